The van der Waals surface area contributed by atoms with Gasteiger partial charge in [0.1, 0.15) is 5.82 Å². The van der Waals surface area contributed by atoms with Crippen LogP contribution in [-0.4, -0.2) is 26.9 Å². The Balaban J connectivity index is 2.03. The lowest BCUT2D eigenvalue weighted by molar-refractivity contribution is -0.121. The molecule has 1 N–H and O–H groups in total. The van der Waals surface area contributed by atoms with Gasteiger partial charge >= 0.3 is 0 Å². The minimum absolute atomic E-state index is 0.0981. The van der Waals surface area contributed by atoms with Gasteiger partial charge in [-0.1, -0.05) is 11.8 Å². The predicted octanol–water partition coefficient (Wildman–Crippen LogP) is 3.27. The van der Waals surface area contributed by atoms with Crippen LogP contribution in [0.4, 0.5) is 4.39 Å². The molecular weight excluding hydrogens is 305 g/mol. The van der Waals surface area contributed by atoms with Crippen molar-refractivity contribution < 1.29 is 13.6 Å². The van der Waals surface area contributed by atoms with E-state index in [1.165, 1.54) is 23.9 Å². The fourth-order valence-corrected chi connectivity index (χ4v) is 2.33. The summed E-state index contributed by atoms with van der Waals surface area (Å²) < 4.78 is 18.4. The van der Waals surface area contributed by atoms with E-state index in [1.54, 1.807) is 19.1 Å². The van der Waals surface area contributed by atoms with Crippen molar-refractivity contribution >= 4 is 17.7 Å². The molecule has 0 unspecified atom stereocenters. The van der Waals surface area contributed by atoms with Gasteiger partial charge in [0, 0.05) is 11.1 Å². The first-order chi connectivity index (χ1) is 10.2. The Morgan fingerprint density at radius 1 is 1.27 bits per heavy atom. The highest BCUT2D eigenvalue weighted by Gasteiger charge is 2.22. The summed E-state index contributed by atoms with van der Waals surface area (Å²) in [5.74, 6) is -0.129. The Labute approximate surface area is 132 Å². The molecule has 0 aliphatic rings. The fourth-order valence-electron chi connectivity index (χ4n) is 1.64. The SMILES string of the molecule is C[C@@H](Sc1nnc(-c2ccc(F)cc2)o1)C(=O)NC(C)(C)C. The molecular formula is C15H18FN3O2S. The van der Waals surface area contributed by atoms with Crippen LogP contribution in [0.1, 0.15) is 27.7 Å². The molecule has 0 bridgehead atoms. The summed E-state index contributed by atoms with van der Waals surface area (Å²) in [6.07, 6.45) is 0. The van der Waals surface area contributed by atoms with Gasteiger partial charge in [-0.05, 0) is 52.0 Å². The summed E-state index contributed by atoms with van der Waals surface area (Å²) in [6, 6.07) is 5.78. The van der Waals surface area contributed by atoms with Crippen molar-refractivity contribution in [2.24, 2.45) is 0 Å². The van der Waals surface area contributed by atoms with E-state index in [-0.39, 0.29) is 22.5 Å². The van der Waals surface area contributed by atoms with Crippen LogP contribution in [0.5, 0.6) is 0 Å². The number of benzene rings is 1. The molecule has 118 valence electrons. The van der Waals surface area contributed by atoms with E-state index < -0.39 is 0 Å². The average molecular weight is 323 g/mol. The lowest BCUT2D eigenvalue weighted by atomic mass is 10.1. The standard InChI is InChI=1S/C15H18FN3O2S/c1-9(12(20)17-15(2,3)4)22-14-19-18-13(21-14)10-5-7-11(16)8-6-10/h5-9H,1-4H3,(H,17,20)/t9-/m1/s1. The number of nitrogens with zero attached hydrogens (tertiary/aromatic N) is 2. The predicted molar refractivity (Wildman–Crippen MR) is 82.9 cm³/mol. The Kier molecular flexibility index (Phi) is 4.85. The van der Waals surface area contributed by atoms with Crippen molar-refractivity contribution in [3.63, 3.8) is 0 Å². The van der Waals surface area contributed by atoms with Crippen LogP contribution < -0.4 is 5.32 Å². The van der Waals surface area contributed by atoms with Crippen molar-refractivity contribution in [2.75, 3.05) is 0 Å². The second-order valence-electron chi connectivity index (χ2n) is 5.88. The monoisotopic (exact) mass is 323 g/mol. The number of halogens is 1. The minimum atomic E-state index is -0.360. The van der Waals surface area contributed by atoms with Gasteiger partial charge < -0.3 is 9.73 Å². The van der Waals surface area contributed by atoms with E-state index >= 15 is 0 Å². The number of thioether (sulfide) groups is 1. The van der Waals surface area contributed by atoms with Gasteiger partial charge in [0.2, 0.25) is 11.8 Å². The number of amides is 1. The van der Waals surface area contributed by atoms with E-state index in [2.05, 4.69) is 15.5 Å². The highest BCUT2D eigenvalue weighted by molar-refractivity contribution is 8.00. The second kappa shape index (κ2) is 6.48. The van der Waals surface area contributed by atoms with Crippen molar-refractivity contribution in [1.82, 2.24) is 15.5 Å². The third-order valence-electron chi connectivity index (χ3n) is 2.64. The number of rotatable bonds is 4. The zero-order chi connectivity index (χ0) is 16.3. The Bertz CT molecular complexity index is 650. The molecule has 1 aromatic heterocycles. The molecule has 1 heterocycles. The normalized spacial score (nSPS) is 13.0. The third kappa shape index (κ3) is 4.56. The zero-order valence-electron chi connectivity index (χ0n) is 12.9. The average Bonchev–Trinajstić information content (AvgIpc) is 2.86. The molecule has 7 heteroatoms. The zero-order valence-corrected chi connectivity index (χ0v) is 13.7. The first-order valence-corrected chi connectivity index (χ1v) is 7.71. The molecule has 0 saturated heterocycles. The van der Waals surface area contributed by atoms with Crippen LogP contribution in [0, 0.1) is 5.82 Å². The quantitative estimate of drug-likeness (QED) is 0.875. The molecule has 1 atom stereocenters. The van der Waals surface area contributed by atoms with Crippen molar-refractivity contribution in [3.8, 4) is 11.5 Å². The van der Waals surface area contributed by atoms with Crippen molar-refractivity contribution in [2.45, 2.75) is 43.7 Å². The number of nitrogens with one attached hydrogen (secondary N) is 1. The molecule has 0 aliphatic heterocycles. The molecule has 0 spiro atoms. The lowest BCUT2D eigenvalue weighted by Gasteiger charge is -2.22. The number of carbonyl (C=O) groups is 1. The molecule has 0 radical (unpaired) electrons. The van der Waals surface area contributed by atoms with Gasteiger partial charge in [-0.25, -0.2) is 4.39 Å². The fraction of sp³-hybridized carbons (Fsp3) is 0.400. The first kappa shape index (κ1) is 16.5. The van der Waals surface area contributed by atoms with Crippen LogP contribution in [0.25, 0.3) is 11.5 Å². The molecule has 1 amide bonds. The highest BCUT2D eigenvalue weighted by Crippen LogP contribution is 2.26. The number of carbonyl (C=O) groups excluding carboxylic acids is 1. The third-order valence-corrected chi connectivity index (χ3v) is 3.58. The van der Waals surface area contributed by atoms with Gasteiger partial charge in [-0.2, -0.15) is 0 Å². The van der Waals surface area contributed by atoms with Crippen molar-refractivity contribution in [3.05, 3.63) is 30.1 Å². The maximum Gasteiger partial charge on any atom is 0.277 e. The van der Waals surface area contributed by atoms with E-state index in [0.717, 1.165) is 0 Å². The van der Waals surface area contributed by atoms with Crippen LogP contribution in [-0.2, 0) is 4.79 Å². The van der Waals surface area contributed by atoms with Gasteiger partial charge in [0.05, 0.1) is 5.25 Å². The van der Waals surface area contributed by atoms with E-state index in [9.17, 15) is 9.18 Å². The summed E-state index contributed by atoms with van der Waals surface area (Å²) in [7, 11) is 0. The molecule has 1 aromatic carbocycles. The molecule has 2 rings (SSSR count). The van der Waals surface area contributed by atoms with Crippen LogP contribution in [0.3, 0.4) is 0 Å². The van der Waals surface area contributed by atoms with Gasteiger partial charge in [-0.3, -0.25) is 4.79 Å². The minimum Gasteiger partial charge on any atom is -0.411 e. The number of hydrogen-bond donors (Lipinski definition) is 1. The van der Waals surface area contributed by atoms with Gasteiger partial charge in [0.25, 0.3) is 5.22 Å². The first-order valence-electron chi connectivity index (χ1n) is 6.83. The molecule has 5 nitrogen and oxygen atoms in total. The highest BCUT2D eigenvalue weighted by atomic mass is 32.2. The summed E-state index contributed by atoms with van der Waals surface area (Å²) in [5, 5.41) is 10.7. The molecule has 2 aromatic rings. The van der Waals surface area contributed by atoms with Crippen LogP contribution >= 0.6 is 11.8 Å². The maximum atomic E-state index is 12.9. The summed E-state index contributed by atoms with van der Waals surface area (Å²) >= 11 is 1.18. The molecule has 0 fully saturated rings. The number of hydrogen-bond acceptors (Lipinski definition) is 5. The maximum absolute atomic E-state index is 12.9. The Morgan fingerprint density at radius 2 is 1.91 bits per heavy atom. The van der Waals surface area contributed by atoms with Crippen LogP contribution in [0.15, 0.2) is 33.9 Å². The largest absolute Gasteiger partial charge is 0.411 e. The van der Waals surface area contributed by atoms with Gasteiger partial charge in [-0.15, -0.1) is 10.2 Å². The molecule has 0 aliphatic carbocycles. The Morgan fingerprint density at radius 3 is 2.50 bits per heavy atom. The van der Waals surface area contributed by atoms with Crippen molar-refractivity contribution in [1.29, 1.82) is 0 Å². The Hall–Kier alpha value is -1.89. The molecule has 22 heavy (non-hydrogen) atoms. The summed E-state index contributed by atoms with van der Waals surface area (Å²) in [4.78, 5) is 12.0. The van der Waals surface area contributed by atoms with Crippen LogP contribution in [0.2, 0.25) is 0 Å². The lowest BCUT2D eigenvalue weighted by Crippen LogP contribution is -2.44. The smallest absolute Gasteiger partial charge is 0.277 e. The van der Waals surface area contributed by atoms with E-state index in [0.29, 0.717) is 16.7 Å². The second-order valence-corrected chi connectivity index (χ2v) is 7.17. The summed E-state index contributed by atoms with van der Waals surface area (Å²) in [5.41, 5.74) is 0.340. The topological polar surface area (TPSA) is 68.0 Å². The summed E-state index contributed by atoms with van der Waals surface area (Å²) in [6.45, 7) is 7.53. The van der Waals surface area contributed by atoms with Gasteiger partial charge in [0.15, 0.2) is 0 Å². The van der Waals surface area contributed by atoms with E-state index in [4.69, 9.17) is 4.42 Å². The molecule has 0 saturated carbocycles. The number of aromatic nitrogens is 2. The van der Waals surface area contributed by atoms with E-state index in [1.807, 2.05) is 20.8 Å².